The van der Waals surface area contributed by atoms with Crippen molar-refractivity contribution in [2.75, 3.05) is 7.11 Å². The van der Waals surface area contributed by atoms with Crippen LogP contribution in [0.5, 0.6) is 5.88 Å². The molecule has 2 unspecified atom stereocenters. The third-order valence-electron chi connectivity index (χ3n) is 6.32. The highest BCUT2D eigenvalue weighted by atomic mass is 19.2. The molecule has 2 atom stereocenters. The molecule has 166 valence electrons. The van der Waals surface area contributed by atoms with E-state index in [-0.39, 0.29) is 23.6 Å². The molecule has 9 heteroatoms. The van der Waals surface area contributed by atoms with Crippen molar-refractivity contribution in [2.45, 2.75) is 37.8 Å². The van der Waals surface area contributed by atoms with E-state index in [4.69, 9.17) is 4.74 Å². The number of methoxy groups -OCH3 is 1. The molecule has 2 aromatic heterocycles. The van der Waals surface area contributed by atoms with Crippen LogP contribution in [0.25, 0.3) is 11.3 Å². The number of ether oxygens (including phenoxy) is 1. The minimum atomic E-state index is -1.50. The van der Waals surface area contributed by atoms with Gasteiger partial charge in [-0.05, 0) is 43.9 Å². The van der Waals surface area contributed by atoms with Gasteiger partial charge in [0.1, 0.15) is 5.69 Å². The van der Waals surface area contributed by atoms with E-state index in [0.717, 1.165) is 37.0 Å². The molecule has 0 radical (unpaired) electrons. The number of benzene rings is 1. The van der Waals surface area contributed by atoms with E-state index in [1.165, 1.54) is 7.11 Å². The smallest absolute Gasteiger partial charge is 0.273 e. The molecule has 0 saturated carbocycles. The average Bonchev–Trinajstić information content (AvgIpc) is 3.11. The molecule has 32 heavy (non-hydrogen) atoms. The van der Waals surface area contributed by atoms with Gasteiger partial charge in [0.15, 0.2) is 17.5 Å². The number of amides is 1. The van der Waals surface area contributed by atoms with Gasteiger partial charge in [-0.15, -0.1) is 0 Å². The molecule has 0 N–H and O–H groups in total. The number of carbonyl (C=O) groups excluding carboxylic acids is 1. The summed E-state index contributed by atoms with van der Waals surface area (Å²) in [4.78, 5) is 19.5. The van der Waals surface area contributed by atoms with Crippen LogP contribution in [0, 0.1) is 17.5 Å². The topological polar surface area (TPSA) is 60.2 Å². The number of aromatic nitrogens is 3. The van der Waals surface area contributed by atoms with Crippen LogP contribution in [-0.4, -0.2) is 38.7 Å². The number of carbonyl (C=O) groups is 1. The Kier molecular flexibility index (Phi) is 4.91. The fraction of sp³-hybridized carbons (Fsp3) is 0.348. The standard InChI is InChI=1S/C23H21F3N4O2/c1-29-22(12-9-15(24)20(26)16(25)10-12)14-11-13-5-3-7-18(21(14)28-29)30(13)23(31)17-6-4-8-19(27-17)32-2/h4,6,8-10,13,18H,3,5,7,11H2,1-2H3. The number of hydrogen-bond donors (Lipinski definition) is 0. The van der Waals surface area contributed by atoms with Crippen LogP contribution in [0.3, 0.4) is 0 Å². The first-order chi connectivity index (χ1) is 15.4. The summed E-state index contributed by atoms with van der Waals surface area (Å²) >= 11 is 0. The van der Waals surface area contributed by atoms with E-state index in [2.05, 4.69) is 10.1 Å². The molecule has 1 saturated heterocycles. The summed E-state index contributed by atoms with van der Waals surface area (Å²) in [7, 11) is 3.18. The minimum absolute atomic E-state index is 0.0974. The lowest BCUT2D eigenvalue weighted by Crippen LogP contribution is -2.50. The molecule has 6 nitrogen and oxygen atoms in total. The summed E-state index contributed by atoms with van der Waals surface area (Å²) in [5, 5.41) is 4.63. The second-order valence-corrected chi connectivity index (χ2v) is 8.17. The van der Waals surface area contributed by atoms with Gasteiger partial charge < -0.3 is 9.64 Å². The maximum Gasteiger partial charge on any atom is 0.273 e. The number of hydrogen-bond acceptors (Lipinski definition) is 4. The molecule has 4 heterocycles. The Morgan fingerprint density at radius 2 is 1.91 bits per heavy atom. The molecule has 2 aliphatic rings. The van der Waals surface area contributed by atoms with Gasteiger partial charge in [0.05, 0.1) is 24.5 Å². The number of nitrogens with zero attached hydrogens (tertiary/aromatic N) is 4. The normalized spacial score (nSPS) is 19.6. The van der Waals surface area contributed by atoms with Gasteiger partial charge in [0, 0.05) is 30.3 Å². The van der Waals surface area contributed by atoms with Crippen molar-refractivity contribution in [1.82, 2.24) is 19.7 Å². The second-order valence-electron chi connectivity index (χ2n) is 8.17. The predicted molar refractivity (Wildman–Crippen MR) is 110 cm³/mol. The molecule has 1 amide bonds. The first kappa shape index (κ1) is 20.5. The Labute approximate surface area is 182 Å². The number of halogens is 3. The highest BCUT2D eigenvalue weighted by Gasteiger charge is 2.44. The van der Waals surface area contributed by atoms with E-state index in [1.54, 1.807) is 29.9 Å². The lowest BCUT2D eigenvalue weighted by atomic mass is 9.81. The lowest BCUT2D eigenvalue weighted by Gasteiger charge is -2.45. The first-order valence-corrected chi connectivity index (χ1v) is 10.4. The van der Waals surface area contributed by atoms with Crippen molar-refractivity contribution in [1.29, 1.82) is 0 Å². The molecule has 3 aromatic rings. The quantitative estimate of drug-likeness (QED) is 0.571. The Bertz CT molecular complexity index is 1200. The summed E-state index contributed by atoms with van der Waals surface area (Å²) in [5.74, 6) is -3.82. The third-order valence-corrected chi connectivity index (χ3v) is 6.32. The van der Waals surface area contributed by atoms with Crippen LogP contribution in [-0.2, 0) is 13.5 Å². The Hall–Kier alpha value is -3.36. The summed E-state index contributed by atoms with van der Waals surface area (Å²) in [5.41, 5.74) is 2.62. The van der Waals surface area contributed by atoms with Gasteiger partial charge in [-0.2, -0.15) is 5.10 Å². The number of aryl methyl sites for hydroxylation is 1. The minimum Gasteiger partial charge on any atom is -0.481 e. The van der Waals surface area contributed by atoms with Crippen LogP contribution in [0.15, 0.2) is 30.3 Å². The molecule has 2 aliphatic heterocycles. The number of rotatable bonds is 3. The summed E-state index contributed by atoms with van der Waals surface area (Å²) < 4.78 is 48.1. The van der Waals surface area contributed by atoms with E-state index in [1.807, 2.05) is 4.90 Å². The van der Waals surface area contributed by atoms with Crippen molar-refractivity contribution >= 4 is 5.91 Å². The van der Waals surface area contributed by atoms with Crippen LogP contribution in [0.2, 0.25) is 0 Å². The Balaban J connectivity index is 1.58. The van der Waals surface area contributed by atoms with E-state index >= 15 is 0 Å². The lowest BCUT2D eigenvalue weighted by molar-refractivity contribution is 0.0385. The second kappa shape index (κ2) is 7.65. The average molecular weight is 442 g/mol. The molecule has 1 aromatic carbocycles. The summed E-state index contributed by atoms with van der Waals surface area (Å²) in [6.07, 6.45) is 2.95. The zero-order chi connectivity index (χ0) is 22.6. The highest BCUT2D eigenvalue weighted by Crippen LogP contribution is 2.45. The summed E-state index contributed by atoms with van der Waals surface area (Å²) in [6.45, 7) is 0. The third kappa shape index (κ3) is 3.14. The molecule has 0 aliphatic carbocycles. The molecule has 5 rings (SSSR count). The number of pyridine rings is 1. The van der Waals surface area contributed by atoms with Gasteiger partial charge >= 0.3 is 0 Å². The zero-order valence-corrected chi connectivity index (χ0v) is 17.6. The van der Waals surface area contributed by atoms with E-state index in [0.29, 0.717) is 29.4 Å². The van der Waals surface area contributed by atoms with Crippen molar-refractivity contribution in [3.63, 3.8) is 0 Å². The monoisotopic (exact) mass is 442 g/mol. The summed E-state index contributed by atoms with van der Waals surface area (Å²) in [6, 6.07) is 6.67. The molecule has 0 spiro atoms. The van der Waals surface area contributed by atoms with Crippen molar-refractivity contribution in [3.8, 4) is 17.1 Å². The molecular formula is C23H21F3N4O2. The zero-order valence-electron chi connectivity index (χ0n) is 17.6. The van der Waals surface area contributed by atoms with E-state index in [9.17, 15) is 18.0 Å². The van der Waals surface area contributed by atoms with Crippen molar-refractivity contribution in [3.05, 3.63) is 64.7 Å². The van der Waals surface area contributed by atoms with Gasteiger partial charge in [-0.25, -0.2) is 18.2 Å². The number of piperidine rings is 1. The van der Waals surface area contributed by atoms with Crippen molar-refractivity contribution in [2.24, 2.45) is 7.05 Å². The SMILES string of the molecule is COc1cccc(C(=O)N2C3CCCC2c2nn(C)c(-c4cc(F)c(F)c(F)c4)c2C3)n1. The van der Waals surface area contributed by atoms with Gasteiger partial charge in [-0.3, -0.25) is 9.48 Å². The van der Waals surface area contributed by atoms with Crippen LogP contribution in [0.4, 0.5) is 13.2 Å². The fourth-order valence-electron chi connectivity index (χ4n) is 4.98. The number of fused-ring (bicyclic) bond motifs is 4. The Morgan fingerprint density at radius 1 is 1.16 bits per heavy atom. The maximum atomic E-state index is 13.9. The van der Waals surface area contributed by atoms with Crippen LogP contribution >= 0.6 is 0 Å². The first-order valence-electron chi connectivity index (χ1n) is 10.4. The predicted octanol–water partition coefficient (Wildman–Crippen LogP) is 4.20. The van der Waals surface area contributed by atoms with Crippen LogP contribution < -0.4 is 4.74 Å². The maximum absolute atomic E-state index is 13.9. The van der Waals surface area contributed by atoms with Gasteiger partial charge in [0.2, 0.25) is 5.88 Å². The van der Waals surface area contributed by atoms with E-state index < -0.39 is 17.5 Å². The van der Waals surface area contributed by atoms with Gasteiger partial charge in [0.25, 0.3) is 5.91 Å². The van der Waals surface area contributed by atoms with Crippen molar-refractivity contribution < 1.29 is 22.7 Å². The fourth-order valence-corrected chi connectivity index (χ4v) is 4.98. The largest absolute Gasteiger partial charge is 0.481 e. The van der Waals surface area contributed by atoms with Crippen LogP contribution in [0.1, 0.15) is 47.1 Å². The Morgan fingerprint density at radius 3 is 2.62 bits per heavy atom. The van der Waals surface area contributed by atoms with Gasteiger partial charge in [-0.1, -0.05) is 6.07 Å². The molecule has 2 bridgehead atoms. The highest BCUT2D eigenvalue weighted by molar-refractivity contribution is 5.93. The molecular weight excluding hydrogens is 421 g/mol. The molecule has 1 fully saturated rings.